The third kappa shape index (κ3) is 3.09. The molecule has 0 aromatic heterocycles. The SMILES string of the molecule is Cc1c(F)cc(N)cc1S(=O)(=O)NCC1(O)CCOC1. The van der Waals surface area contributed by atoms with Crippen molar-refractivity contribution in [3.8, 4) is 0 Å². The Hall–Kier alpha value is -1.22. The van der Waals surface area contributed by atoms with E-state index in [0.29, 0.717) is 13.0 Å². The van der Waals surface area contributed by atoms with Gasteiger partial charge < -0.3 is 15.6 Å². The predicted molar refractivity (Wildman–Crippen MR) is 71.1 cm³/mol. The highest BCUT2D eigenvalue weighted by molar-refractivity contribution is 7.89. The van der Waals surface area contributed by atoms with Crippen LogP contribution < -0.4 is 10.5 Å². The summed E-state index contributed by atoms with van der Waals surface area (Å²) in [6.45, 7) is 1.62. The zero-order valence-electron chi connectivity index (χ0n) is 11.0. The summed E-state index contributed by atoms with van der Waals surface area (Å²) in [4.78, 5) is -0.225. The monoisotopic (exact) mass is 304 g/mol. The lowest BCUT2D eigenvalue weighted by atomic mass is 10.1. The molecule has 1 heterocycles. The van der Waals surface area contributed by atoms with Crippen molar-refractivity contribution in [1.29, 1.82) is 0 Å². The number of halogens is 1. The van der Waals surface area contributed by atoms with Crippen LogP contribution in [0.5, 0.6) is 0 Å². The van der Waals surface area contributed by atoms with Gasteiger partial charge in [0, 0.05) is 30.8 Å². The summed E-state index contributed by atoms with van der Waals surface area (Å²) >= 11 is 0. The normalized spacial score (nSPS) is 23.1. The van der Waals surface area contributed by atoms with Crippen LogP contribution in [0.1, 0.15) is 12.0 Å². The minimum absolute atomic E-state index is 0.0126. The Labute approximate surface area is 116 Å². The van der Waals surface area contributed by atoms with E-state index in [-0.39, 0.29) is 29.3 Å². The van der Waals surface area contributed by atoms with E-state index >= 15 is 0 Å². The van der Waals surface area contributed by atoms with E-state index in [1.54, 1.807) is 0 Å². The highest BCUT2D eigenvalue weighted by Crippen LogP contribution is 2.23. The number of hydrogen-bond donors (Lipinski definition) is 3. The fourth-order valence-electron chi connectivity index (χ4n) is 2.00. The maximum Gasteiger partial charge on any atom is 0.241 e. The Balaban J connectivity index is 2.22. The molecule has 1 aliphatic heterocycles. The summed E-state index contributed by atoms with van der Waals surface area (Å²) in [6, 6.07) is 2.25. The first kappa shape index (κ1) is 15.2. The van der Waals surface area contributed by atoms with Crippen LogP contribution in [0.3, 0.4) is 0 Å². The Morgan fingerprint density at radius 1 is 1.55 bits per heavy atom. The van der Waals surface area contributed by atoms with Crippen LogP contribution in [0.2, 0.25) is 0 Å². The van der Waals surface area contributed by atoms with Crippen molar-refractivity contribution < 1.29 is 22.7 Å². The van der Waals surface area contributed by atoms with Gasteiger partial charge in [0.1, 0.15) is 11.4 Å². The van der Waals surface area contributed by atoms with Gasteiger partial charge in [-0.2, -0.15) is 0 Å². The van der Waals surface area contributed by atoms with Crippen LogP contribution >= 0.6 is 0 Å². The molecular formula is C12H17FN2O4S. The molecule has 20 heavy (non-hydrogen) atoms. The molecule has 1 aliphatic rings. The van der Waals surface area contributed by atoms with Crippen LogP contribution in [0.25, 0.3) is 0 Å². The number of hydrogen-bond acceptors (Lipinski definition) is 5. The molecule has 1 saturated heterocycles. The Bertz CT molecular complexity index is 612. The molecule has 1 aromatic carbocycles. The van der Waals surface area contributed by atoms with Gasteiger partial charge in [-0.05, 0) is 19.1 Å². The number of aliphatic hydroxyl groups is 1. The van der Waals surface area contributed by atoms with E-state index < -0.39 is 21.4 Å². The largest absolute Gasteiger partial charge is 0.399 e. The van der Waals surface area contributed by atoms with Crippen molar-refractivity contribution in [3.05, 3.63) is 23.5 Å². The van der Waals surface area contributed by atoms with E-state index in [1.165, 1.54) is 13.0 Å². The van der Waals surface area contributed by atoms with Crippen LogP contribution in [0, 0.1) is 12.7 Å². The second-order valence-electron chi connectivity index (χ2n) is 4.98. The number of sulfonamides is 1. The average molecular weight is 304 g/mol. The minimum Gasteiger partial charge on any atom is -0.399 e. The number of nitrogen functional groups attached to an aromatic ring is 1. The summed E-state index contributed by atoms with van der Waals surface area (Å²) in [5.74, 6) is -0.687. The van der Waals surface area contributed by atoms with Crippen LogP contribution in [0.15, 0.2) is 17.0 Å². The molecule has 0 amide bonds. The third-order valence-corrected chi connectivity index (χ3v) is 4.81. The van der Waals surface area contributed by atoms with Gasteiger partial charge in [-0.3, -0.25) is 0 Å². The highest BCUT2D eigenvalue weighted by Gasteiger charge is 2.34. The van der Waals surface area contributed by atoms with Crippen molar-refractivity contribution in [3.63, 3.8) is 0 Å². The van der Waals surface area contributed by atoms with Crippen molar-refractivity contribution in [2.24, 2.45) is 0 Å². The molecule has 8 heteroatoms. The van der Waals surface area contributed by atoms with Gasteiger partial charge in [-0.25, -0.2) is 17.5 Å². The lowest BCUT2D eigenvalue weighted by Crippen LogP contribution is -2.43. The molecular weight excluding hydrogens is 287 g/mol. The van der Waals surface area contributed by atoms with Crippen LogP contribution in [-0.4, -0.2) is 38.9 Å². The summed E-state index contributed by atoms with van der Waals surface area (Å²) < 4.78 is 45.2. The molecule has 0 radical (unpaired) electrons. The molecule has 1 unspecified atom stereocenters. The molecule has 0 spiro atoms. The summed E-state index contributed by atoms with van der Waals surface area (Å²) in [7, 11) is -3.95. The molecule has 1 atom stereocenters. The van der Waals surface area contributed by atoms with Gasteiger partial charge >= 0.3 is 0 Å². The zero-order chi connectivity index (χ0) is 15.0. The summed E-state index contributed by atoms with van der Waals surface area (Å²) in [5, 5.41) is 10.0. The first-order valence-electron chi connectivity index (χ1n) is 6.09. The maximum atomic E-state index is 13.5. The molecule has 1 aromatic rings. The van der Waals surface area contributed by atoms with Crippen molar-refractivity contribution >= 4 is 15.7 Å². The maximum absolute atomic E-state index is 13.5. The molecule has 1 fully saturated rings. The fourth-order valence-corrected chi connectivity index (χ4v) is 3.40. The molecule has 0 saturated carbocycles. The van der Waals surface area contributed by atoms with Gasteiger partial charge in [-0.15, -0.1) is 0 Å². The second-order valence-corrected chi connectivity index (χ2v) is 6.71. The molecule has 0 bridgehead atoms. The van der Waals surface area contributed by atoms with E-state index in [0.717, 1.165) is 6.07 Å². The summed E-state index contributed by atoms with van der Waals surface area (Å²) in [5.41, 5.74) is 4.26. The third-order valence-electron chi connectivity index (χ3n) is 3.28. The van der Waals surface area contributed by atoms with E-state index in [1.807, 2.05) is 0 Å². The van der Waals surface area contributed by atoms with Crippen molar-refractivity contribution in [1.82, 2.24) is 4.72 Å². The number of nitrogens with two attached hydrogens (primary N) is 1. The van der Waals surface area contributed by atoms with Crippen LogP contribution in [-0.2, 0) is 14.8 Å². The van der Waals surface area contributed by atoms with Crippen molar-refractivity contribution in [2.75, 3.05) is 25.5 Å². The van der Waals surface area contributed by atoms with Gasteiger partial charge in [0.2, 0.25) is 10.0 Å². The molecule has 6 nitrogen and oxygen atoms in total. The second kappa shape index (κ2) is 5.28. The first-order valence-corrected chi connectivity index (χ1v) is 7.57. The van der Waals surface area contributed by atoms with E-state index in [4.69, 9.17) is 10.5 Å². The molecule has 4 N–H and O–H groups in total. The molecule has 2 rings (SSSR count). The Morgan fingerprint density at radius 2 is 2.25 bits per heavy atom. The quantitative estimate of drug-likeness (QED) is 0.687. The van der Waals surface area contributed by atoms with Crippen molar-refractivity contribution in [2.45, 2.75) is 23.8 Å². The number of benzene rings is 1. The number of ether oxygens (including phenoxy) is 1. The number of rotatable bonds is 4. The Kier molecular flexibility index (Phi) is 4.01. The van der Waals surface area contributed by atoms with Gasteiger partial charge in [-0.1, -0.05) is 0 Å². The van der Waals surface area contributed by atoms with Gasteiger partial charge in [0.05, 0.1) is 11.5 Å². The van der Waals surface area contributed by atoms with Gasteiger partial charge in [0.25, 0.3) is 0 Å². The fraction of sp³-hybridized carbons (Fsp3) is 0.500. The predicted octanol–water partition coefficient (Wildman–Crippen LogP) is 0.146. The molecule has 112 valence electrons. The lowest BCUT2D eigenvalue weighted by molar-refractivity contribution is 0.0314. The Morgan fingerprint density at radius 3 is 2.85 bits per heavy atom. The highest BCUT2D eigenvalue weighted by atomic mass is 32.2. The number of anilines is 1. The zero-order valence-corrected chi connectivity index (χ0v) is 11.8. The summed E-state index contributed by atoms with van der Waals surface area (Å²) in [6.07, 6.45) is 0.347. The smallest absolute Gasteiger partial charge is 0.241 e. The minimum atomic E-state index is -3.95. The standard InChI is InChI=1S/C12H17FN2O4S/c1-8-10(13)4-9(14)5-11(8)20(17,18)15-6-12(16)2-3-19-7-12/h4-5,15-16H,2-3,6-7,14H2,1H3. The average Bonchev–Trinajstić information content (AvgIpc) is 2.79. The van der Waals surface area contributed by atoms with Gasteiger partial charge in [0.15, 0.2) is 0 Å². The molecule has 0 aliphatic carbocycles. The lowest BCUT2D eigenvalue weighted by Gasteiger charge is -2.21. The van der Waals surface area contributed by atoms with E-state index in [2.05, 4.69) is 4.72 Å². The first-order chi connectivity index (χ1) is 9.23. The van der Waals surface area contributed by atoms with E-state index in [9.17, 15) is 17.9 Å². The number of nitrogens with one attached hydrogen (secondary N) is 1. The van der Waals surface area contributed by atoms with Crippen LogP contribution in [0.4, 0.5) is 10.1 Å². The topological polar surface area (TPSA) is 102 Å².